The predicted molar refractivity (Wildman–Crippen MR) is 143 cm³/mol. The SMILES string of the molecule is O=c1ccn([C@H]2CC[C@@H](C(O)C(c3ccccc3)(c3ccccc3)c3ccccc3)O2)c(=O)n1I. The van der Waals surface area contributed by atoms with Crippen LogP contribution < -0.4 is 11.2 Å². The molecule has 6 nitrogen and oxygen atoms in total. The highest BCUT2D eigenvalue weighted by Gasteiger charge is 2.49. The van der Waals surface area contributed by atoms with E-state index in [4.69, 9.17) is 4.74 Å². The van der Waals surface area contributed by atoms with Crippen LogP contribution in [-0.4, -0.2) is 24.7 Å². The lowest BCUT2D eigenvalue weighted by Gasteiger charge is -2.42. The summed E-state index contributed by atoms with van der Waals surface area (Å²) >= 11 is 1.70. The van der Waals surface area contributed by atoms with E-state index in [0.29, 0.717) is 12.8 Å². The number of aliphatic hydroxyl groups excluding tert-OH is 1. The molecule has 1 aromatic heterocycles. The van der Waals surface area contributed by atoms with Crippen molar-refractivity contribution >= 4 is 22.9 Å². The number of aromatic nitrogens is 2. The molecule has 4 aromatic rings. The van der Waals surface area contributed by atoms with Crippen LogP contribution in [0.1, 0.15) is 35.8 Å². The zero-order valence-corrected chi connectivity index (χ0v) is 21.1. The summed E-state index contributed by atoms with van der Waals surface area (Å²) in [7, 11) is 0. The van der Waals surface area contributed by atoms with Crippen molar-refractivity contribution in [3.63, 3.8) is 0 Å². The third kappa shape index (κ3) is 4.17. The second-order valence-corrected chi connectivity index (χ2v) is 9.65. The number of ether oxygens (including phenoxy) is 1. The first kappa shape index (κ1) is 23.7. The number of hydrogen-bond donors (Lipinski definition) is 1. The molecule has 2 heterocycles. The smallest absolute Gasteiger partial charge is 0.342 e. The third-order valence-electron chi connectivity index (χ3n) is 6.78. The van der Waals surface area contributed by atoms with Gasteiger partial charge in [-0.25, -0.2) is 4.79 Å². The van der Waals surface area contributed by atoms with Crippen molar-refractivity contribution in [1.29, 1.82) is 0 Å². The summed E-state index contributed by atoms with van der Waals surface area (Å²) in [6.07, 6.45) is 0.530. The van der Waals surface area contributed by atoms with Crippen LogP contribution in [0.3, 0.4) is 0 Å². The summed E-state index contributed by atoms with van der Waals surface area (Å²) in [6.45, 7) is 0. The van der Waals surface area contributed by atoms with E-state index in [1.54, 1.807) is 22.9 Å². The Labute approximate surface area is 216 Å². The first-order valence-electron chi connectivity index (χ1n) is 11.5. The Kier molecular flexibility index (Phi) is 6.73. The largest absolute Gasteiger partial charge is 0.389 e. The molecular formula is C28H25IN2O4. The van der Waals surface area contributed by atoms with Crippen LogP contribution in [-0.2, 0) is 10.2 Å². The molecular weight excluding hydrogens is 555 g/mol. The lowest BCUT2D eigenvalue weighted by molar-refractivity contribution is -0.0757. The molecule has 0 amide bonds. The van der Waals surface area contributed by atoms with E-state index < -0.39 is 29.5 Å². The Morgan fingerprint density at radius 1 is 0.800 bits per heavy atom. The molecule has 1 aliphatic rings. The number of hydrogen-bond acceptors (Lipinski definition) is 4. The molecule has 1 saturated heterocycles. The Morgan fingerprint density at radius 3 is 1.77 bits per heavy atom. The van der Waals surface area contributed by atoms with Crippen LogP contribution in [0.5, 0.6) is 0 Å². The van der Waals surface area contributed by atoms with Gasteiger partial charge in [-0.15, -0.1) is 0 Å². The maximum absolute atomic E-state index is 12.7. The Morgan fingerprint density at radius 2 is 1.29 bits per heavy atom. The van der Waals surface area contributed by atoms with E-state index in [1.165, 1.54) is 16.8 Å². The normalized spacial score (nSPS) is 18.9. The summed E-state index contributed by atoms with van der Waals surface area (Å²) in [5.41, 5.74) is 1.15. The van der Waals surface area contributed by atoms with Gasteiger partial charge in [-0.3, -0.25) is 9.36 Å². The molecule has 35 heavy (non-hydrogen) atoms. The van der Waals surface area contributed by atoms with Crippen LogP contribution in [0.25, 0.3) is 0 Å². The lowest BCUT2D eigenvalue weighted by Crippen LogP contribution is -2.48. The van der Waals surface area contributed by atoms with Crippen molar-refractivity contribution < 1.29 is 9.84 Å². The summed E-state index contributed by atoms with van der Waals surface area (Å²) in [5, 5.41) is 12.2. The van der Waals surface area contributed by atoms with Gasteiger partial charge in [-0.2, -0.15) is 2.78 Å². The van der Waals surface area contributed by atoms with Crippen molar-refractivity contribution in [2.24, 2.45) is 0 Å². The predicted octanol–water partition coefficient (Wildman–Crippen LogP) is 4.28. The first-order valence-corrected chi connectivity index (χ1v) is 12.5. The average molecular weight is 580 g/mol. The standard InChI is InChI=1S/C28H25IN2O4/c29-31-24(32)18-19-30(27(31)34)25-17-16-23(35-25)26(33)28(20-10-4-1-5-11-20,21-12-6-2-7-13-21)22-14-8-3-9-15-22/h1-15,18-19,23,25-26,33H,16-17H2/t23-,25+,26?/m0/s1. The van der Waals surface area contributed by atoms with Gasteiger partial charge in [0.05, 0.1) is 40.5 Å². The quantitative estimate of drug-likeness (QED) is 0.273. The molecule has 0 saturated carbocycles. The molecule has 5 rings (SSSR count). The lowest BCUT2D eigenvalue weighted by atomic mass is 9.64. The topological polar surface area (TPSA) is 73.5 Å². The molecule has 7 heteroatoms. The molecule has 1 unspecified atom stereocenters. The Balaban J connectivity index is 1.62. The summed E-state index contributed by atoms with van der Waals surface area (Å²) in [5.74, 6) is 0. The Hall–Kier alpha value is -3.01. The van der Waals surface area contributed by atoms with E-state index in [0.717, 1.165) is 19.5 Å². The van der Waals surface area contributed by atoms with Crippen LogP contribution >= 0.6 is 22.9 Å². The van der Waals surface area contributed by atoms with Crippen molar-refractivity contribution in [2.45, 2.75) is 36.7 Å². The number of benzene rings is 3. The summed E-state index contributed by atoms with van der Waals surface area (Å²) in [6, 6.07) is 31.3. The summed E-state index contributed by atoms with van der Waals surface area (Å²) in [4.78, 5) is 24.5. The zero-order chi connectivity index (χ0) is 24.4. The Bertz CT molecular complexity index is 1310. The van der Waals surface area contributed by atoms with Gasteiger partial charge in [0, 0.05) is 12.3 Å². The van der Waals surface area contributed by atoms with Crippen molar-refractivity contribution in [3.05, 3.63) is 141 Å². The van der Waals surface area contributed by atoms with Crippen molar-refractivity contribution in [2.75, 3.05) is 0 Å². The minimum Gasteiger partial charge on any atom is -0.389 e. The molecule has 1 aliphatic heterocycles. The maximum atomic E-state index is 12.7. The molecule has 0 radical (unpaired) electrons. The van der Waals surface area contributed by atoms with Crippen LogP contribution in [0.2, 0.25) is 0 Å². The molecule has 0 spiro atoms. The molecule has 3 aromatic carbocycles. The van der Waals surface area contributed by atoms with Crippen molar-refractivity contribution in [1.82, 2.24) is 7.35 Å². The van der Waals surface area contributed by atoms with Crippen molar-refractivity contribution in [3.8, 4) is 0 Å². The number of halogens is 1. The number of rotatable bonds is 6. The van der Waals surface area contributed by atoms with E-state index in [-0.39, 0.29) is 5.56 Å². The van der Waals surface area contributed by atoms with Gasteiger partial charge < -0.3 is 9.84 Å². The highest BCUT2D eigenvalue weighted by atomic mass is 127. The monoisotopic (exact) mass is 580 g/mol. The van der Waals surface area contributed by atoms with Crippen LogP contribution in [0, 0.1) is 0 Å². The third-order valence-corrected chi connectivity index (χ3v) is 7.67. The number of aliphatic hydroxyl groups is 1. The van der Waals surface area contributed by atoms with Gasteiger partial charge in [0.2, 0.25) is 0 Å². The second-order valence-electron chi connectivity index (χ2n) is 8.68. The molecule has 1 fully saturated rings. The fourth-order valence-electron chi connectivity index (χ4n) is 5.16. The van der Waals surface area contributed by atoms with Crippen LogP contribution in [0.15, 0.2) is 113 Å². The molecule has 0 bridgehead atoms. The van der Waals surface area contributed by atoms with Gasteiger partial charge >= 0.3 is 5.69 Å². The number of nitrogens with zero attached hydrogens (tertiary/aromatic N) is 2. The summed E-state index contributed by atoms with van der Waals surface area (Å²) < 4.78 is 8.81. The minimum atomic E-state index is -0.944. The average Bonchev–Trinajstić information content (AvgIpc) is 3.40. The first-order chi connectivity index (χ1) is 17.0. The zero-order valence-electron chi connectivity index (χ0n) is 18.9. The molecule has 0 aliphatic carbocycles. The highest BCUT2D eigenvalue weighted by Crippen LogP contribution is 2.46. The van der Waals surface area contributed by atoms with Crippen LogP contribution in [0.4, 0.5) is 0 Å². The van der Waals surface area contributed by atoms with E-state index in [9.17, 15) is 14.7 Å². The van der Waals surface area contributed by atoms with Gasteiger partial charge in [-0.1, -0.05) is 91.0 Å². The van der Waals surface area contributed by atoms with E-state index in [1.807, 2.05) is 91.0 Å². The van der Waals surface area contributed by atoms with Gasteiger partial charge in [0.25, 0.3) is 5.56 Å². The minimum absolute atomic E-state index is 0.377. The van der Waals surface area contributed by atoms with E-state index >= 15 is 0 Å². The fraction of sp³-hybridized carbons (Fsp3) is 0.214. The van der Waals surface area contributed by atoms with Gasteiger partial charge in [0.15, 0.2) is 0 Å². The fourth-order valence-corrected chi connectivity index (χ4v) is 5.57. The maximum Gasteiger partial charge on any atom is 0.342 e. The van der Waals surface area contributed by atoms with Gasteiger partial charge in [-0.05, 0) is 29.5 Å². The molecule has 1 N–H and O–H groups in total. The molecule has 178 valence electrons. The highest BCUT2D eigenvalue weighted by molar-refractivity contribution is 14.1. The van der Waals surface area contributed by atoms with E-state index in [2.05, 4.69) is 0 Å². The molecule has 3 atom stereocenters. The van der Waals surface area contributed by atoms with Gasteiger partial charge in [0.1, 0.15) is 6.23 Å². The second kappa shape index (κ2) is 9.93.